The van der Waals surface area contributed by atoms with Crippen LogP contribution in [0.5, 0.6) is 5.75 Å². The van der Waals surface area contributed by atoms with Gasteiger partial charge in [0.1, 0.15) is 5.75 Å². The minimum Gasteiger partial charge on any atom is -0.508 e. The van der Waals surface area contributed by atoms with Gasteiger partial charge in [-0.25, -0.2) is 0 Å². The third kappa shape index (κ3) is 1.62. The monoisotopic (exact) mass is 224 g/mol. The number of aromatic hydroxyl groups is 1. The zero-order chi connectivity index (χ0) is 11.8. The highest BCUT2D eigenvalue weighted by molar-refractivity contribution is 6.05. The molecule has 1 aliphatic rings. The van der Waals surface area contributed by atoms with Crippen molar-refractivity contribution in [3.8, 4) is 5.75 Å². The van der Waals surface area contributed by atoms with E-state index in [9.17, 15) is 9.90 Å². The van der Waals surface area contributed by atoms with Gasteiger partial charge in [0.05, 0.1) is 5.92 Å². The molecule has 3 rings (SSSR count). The van der Waals surface area contributed by atoms with Crippen molar-refractivity contribution in [3.63, 3.8) is 0 Å². The van der Waals surface area contributed by atoms with Crippen LogP contribution in [0.1, 0.15) is 27.4 Å². The van der Waals surface area contributed by atoms with Gasteiger partial charge in [0.15, 0.2) is 5.78 Å². The highest BCUT2D eigenvalue weighted by Crippen LogP contribution is 2.35. The van der Waals surface area contributed by atoms with E-state index in [4.69, 9.17) is 0 Å². The number of phenolic OH excluding ortho intramolecular Hbond substituents is 1. The molecule has 2 heteroatoms. The lowest BCUT2D eigenvalue weighted by atomic mass is 9.95. The van der Waals surface area contributed by atoms with Gasteiger partial charge in [-0.1, -0.05) is 36.4 Å². The van der Waals surface area contributed by atoms with E-state index in [1.54, 1.807) is 12.1 Å². The van der Waals surface area contributed by atoms with Gasteiger partial charge in [0, 0.05) is 5.56 Å². The number of hydrogen-bond donors (Lipinski definition) is 1. The minimum atomic E-state index is -0.0898. The summed E-state index contributed by atoms with van der Waals surface area (Å²) in [4.78, 5) is 12.2. The Morgan fingerprint density at radius 2 is 1.82 bits per heavy atom. The van der Waals surface area contributed by atoms with Gasteiger partial charge in [0.25, 0.3) is 0 Å². The lowest BCUT2D eigenvalue weighted by molar-refractivity contribution is 0.0972. The van der Waals surface area contributed by atoms with Crippen molar-refractivity contribution >= 4 is 5.78 Å². The lowest BCUT2D eigenvalue weighted by Crippen LogP contribution is -2.06. The fraction of sp³-hybridized carbons (Fsp3) is 0.133. The molecule has 0 saturated heterocycles. The molecule has 0 heterocycles. The van der Waals surface area contributed by atoms with Gasteiger partial charge in [-0.2, -0.15) is 0 Å². The van der Waals surface area contributed by atoms with E-state index >= 15 is 0 Å². The molecule has 2 nitrogen and oxygen atoms in total. The zero-order valence-electron chi connectivity index (χ0n) is 9.26. The van der Waals surface area contributed by atoms with Gasteiger partial charge in [-0.15, -0.1) is 0 Å². The third-order valence-electron chi connectivity index (χ3n) is 3.30. The first-order valence-corrected chi connectivity index (χ1v) is 5.67. The number of Topliss-reactive ketones (excluding diaryl/α,β-unsaturated/α-hetero) is 1. The second-order valence-electron chi connectivity index (χ2n) is 4.37. The Morgan fingerprint density at radius 1 is 1.06 bits per heavy atom. The van der Waals surface area contributed by atoms with Crippen molar-refractivity contribution in [2.45, 2.75) is 12.3 Å². The zero-order valence-corrected chi connectivity index (χ0v) is 9.26. The molecule has 1 unspecified atom stereocenters. The average Bonchev–Trinajstić information content (AvgIpc) is 2.68. The van der Waals surface area contributed by atoms with Crippen LogP contribution >= 0.6 is 0 Å². The normalized spacial score (nSPS) is 18.1. The van der Waals surface area contributed by atoms with Crippen LogP contribution in [-0.4, -0.2) is 10.9 Å². The van der Waals surface area contributed by atoms with Crippen LogP contribution in [0.4, 0.5) is 0 Å². The summed E-state index contributed by atoms with van der Waals surface area (Å²) in [6, 6.07) is 14.8. The van der Waals surface area contributed by atoms with E-state index in [-0.39, 0.29) is 17.5 Å². The molecule has 17 heavy (non-hydrogen) atoms. The van der Waals surface area contributed by atoms with Crippen LogP contribution in [0.25, 0.3) is 0 Å². The van der Waals surface area contributed by atoms with E-state index in [0.717, 1.165) is 17.5 Å². The molecule has 0 aliphatic heterocycles. The summed E-state index contributed by atoms with van der Waals surface area (Å²) in [5.41, 5.74) is 2.74. The van der Waals surface area contributed by atoms with Crippen LogP contribution in [0, 0.1) is 0 Å². The second-order valence-corrected chi connectivity index (χ2v) is 4.37. The lowest BCUT2D eigenvalue weighted by Gasteiger charge is -2.07. The van der Waals surface area contributed by atoms with Crippen molar-refractivity contribution in [3.05, 3.63) is 65.2 Å². The molecular weight excluding hydrogens is 212 g/mol. The molecule has 84 valence electrons. The summed E-state index contributed by atoms with van der Waals surface area (Å²) in [5, 5.41) is 9.42. The number of phenols is 1. The van der Waals surface area contributed by atoms with Crippen LogP contribution in [-0.2, 0) is 6.42 Å². The van der Waals surface area contributed by atoms with E-state index < -0.39 is 0 Å². The van der Waals surface area contributed by atoms with E-state index in [2.05, 4.69) is 0 Å². The molecule has 0 radical (unpaired) electrons. The van der Waals surface area contributed by atoms with Crippen LogP contribution in [0.2, 0.25) is 0 Å². The molecule has 0 fully saturated rings. The molecule has 1 aliphatic carbocycles. The van der Waals surface area contributed by atoms with Crippen LogP contribution in [0.3, 0.4) is 0 Å². The molecule has 1 atom stereocenters. The minimum absolute atomic E-state index is 0.0898. The molecule has 2 aromatic rings. The van der Waals surface area contributed by atoms with Gasteiger partial charge in [0.2, 0.25) is 0 Å². The standard InChI is InChI=1S/C15H12O2/c16-12-7-6-11-8-13(15(17)14(11)9-12)10-4-2-1-3-5-10/h1-7,9,13,16H,8H2. The van der Waals surface area contributed by atoms with E-state index in [1.165, 1.54) is 0 Å². The number of fused-ring (bicyclic) bond motifs is 1. The van der Waals surface area contributed by atoms with E-state index in [1.807, 2.05) is 36.4 Å². The molecule has 0 spiro atoms. The fourth-order valence-electron chi connectivity index (χ4n) is 2.43. The Balaban J connectivity index is 2.02. The number of ketones is 1. The fourth-order valence-corrected chi connectivity index (χ4v) is 2.43. The summed E-state index contributed by atoms with van der Waals surface area (Å²) in [5.74, 6) is 0.181. The molecular formula is C15H12O2. The Kier molecular flexibility index (Phi) is 2.22. The topological polar surface area (TPSA) is 37.3 Å². The quantitative estimate of drug-likeness (QED) is 0.808. The Hall–Kier alpha value is -2.09. The smallest absolute Gasteiger partial charge is 0.171 e. The van der Waals surface area contributed by atoms with Crippen LogP contribution in [0.15, 0.2) is 48.5 Å². The Morgan fingerprint density at radius 3 is 2.59 bits per heavy atom. The van der Waals surface area contributed by atoms with Crippen molar-refractivity contribution in [1.82, 2.24) is 0 Å². The van der Waals surface area contributed by atoms with Gasteiger partial charge in [-0.3, -0.25) is 4.79 Å². The first kappa shape index (κ1) is 10.1. The summed E-state index contributed by atoms with van der Waals surface area (Å²) in [6.45, 7) is 0. The average molecular weight is 224 g/mol. The van der Waals surface area contributed by atoms with Gasteiger partial charge >= 0.3 is 0 Å². The molecule has 0 saturated carbocycles. The maximum Gasteiger partial charge on any atom is 0.171 e. The summed E-state index contributed by atoms with van der Waals surface area (Å²) >= 11 is 0. The summed E-state index contributed by atoms with van der Waals surface area (Å²) in [7, 11) is 0. The van der Waals surface area contributed by atoms with Crippen molar-refractivity contribution < 1.29 is 9.90 Å². The number of benzene rings is 2. The predicted octanol–water partition coefficient (Wildman–Crippen LogP) is 2.91. The van der Waals surface area contributed by atoms with Gasteiger partial charge in [-0.05, 0) is 29.7 Å². The first-order valence-electron chi connectivity index (χ1n) is 5.67. The highest BCUT2D eigenvalue weighted by atomic mass is 16.3. The molecule has 2 aromatic carbocycles. The molecule has 0 amide bonds. The predicted molar refractivity (Wildman–Crippen MR) is 65.3 cm³/mol. The molecule has 1 N–H and O–H groups in total. The summed E-state index contributed by atoms with van der Waals surface area (Å²) in [6.07, 6.45) is 0.735. The van der Waals surface area contributed by atoms with Crippen LogP contribution < -0.4 is 0 Å². The summed E-state index contributed by atoms with van der Waals surface area (Å²) < 4.78 is 0. The highest BCUT2D eigenvalue weighted by Gasteiger charge is 2.31. The van der Waals surface area contributed by atoms with Crippen molar-refractivity contribution in [1.29, 1.82) is 0 Å². The van der Waals surface area contributed by atoms with E-state index in [0.29, 0.717) is 5.56 Å². The SMILES string of the molecule is O=C1c2cc(O)ccc2CC1c1ccccc1. The maximum absolute atomic E-state index is 12.2. The Labute approximate surface area is 99.5 Å². The third-order valence-corrected chi connectivity index (χ3v) is 3.30. The number of carbonyl (C=O) groups is 1. The second kappa shape index (κ2) is 3.74. The van der Waals surface area contributed by atoms with Crippen molar-refractivity contribution in [2.75, 3.05) is 0 Å². The van der Waals surface area contributed by atoms with Gasteiger partial charge < -0.3 is 5.11 Å². The largest absolute Gasteiger partial charge is 0.508 e. The Bertz CT molecular complexity index is 573. The molecule has 0 bridgehead atoms. The number of rotatable bonds is 1. The first-order chi connectivity index (χ1) is 8.25. The maximum atomic E-state index is 12.2. The molecule has 0 aromatic heterocycles. The number of carbonyl (C=O) groups excluding carboxylic acids is 1. The number of hydrogen-bond acceptors (Lipinski definition) is 2. The van der Waals surface area contributed by atoms with Crippen molar-refractivity contribution in [2.24, 2.45) is 0 Å².